The van der Waals surface area contributed by atoms with Gasteiger partial charge in [0.2, 0.25) is 17.6 Å². The van der Waals surface area contributed by atoms with Crippen LogP contribution in [0.4, 0.5) is 15.8 Å². The third-order valence-corrected chi connectivity index (χ3v) is 5.13. The maximum absolute atomic E-state index is 13.6. The van der Waals surface area contributed by atoms with Gasteiger partial charge in [-0.05, 0) is 48.5 Å². The molecule has 0 saturated heterocycles. The molecule has 36 heavy (non-hydrogen) atoms. The first-order chi connectivity index (χ1) is 17.4. The van der Waals surface area contributed by atoms with Crippen molar-refractivity contribution in [1.82, 2.24) is 24.3 Å². The third-order valence-electron chi connectivity index (χ3n) is 5.13. The molecule has 12 heteroatoms. The number of anilines is 2. The fraction of sp³-hybridized carbons (Fsp3) is 0.0833. The van der Waals surface area contributed by atoms with Crippen molar-refractivity contribution in [2.75, 3.05) is 10.6 Å². The Morgan fingerprint density at radius 1 is 1.03 bits per heavy atom. The summed E-state index contributed by atoms with van der Waals surface area (Å²) in [6, 6.07) is 15.5. The van der Waals surface area contributed by atoms with Gasteiger partial charge < -0.3 is 15.2 Å². The van der Waals surface area contributed by atoms with Gasteiger partial charge in [0, 0.05) is 30.1 Å². The quantitative estimate of drug-likeness (QED) is 0.376. The summed E-state index contributed by atoms with van der Waals surface area (Å²) < 4.78 is 21.2. The number of carbonyl (C=O) groups is 2. The number of benzene rings is 2. The van der Waals surface area contributed by atoms with E-state index < -0.39 is 17.4 Å². The van der Waals surface area contributed by atoms with Gasteiger partial charge in [0.15, 0.2) is 5.65 Å². The Kier molecular flexibility index (Phi) is 5.82. The highest BCUT2D eigenvalue weighted by Gasteiger charge is 2.19. The number of rotatable bonds is 6. The topological polar surface area (TPSA) is 136 Å². The Morgan fingerprint density at radius 2 is 1.78 bits per heavy atom. The predicted octanol–water partition coefficient (Wildman–Crippen LogP) is 2.95. The van der Waals surface area contributed by atoms with Crippen molar-refractivity contribution in [3.05, 3.63) is 83.2 Å². The Balaban J connectivity index is 1.38. The largest absolute Gasteiger partial charge is 0.350 e. The van der Waals surface area contributed by atoms with Crippen LogP contribution in [0.25, 0.3) is 28.5 Å². The van der Waals surface area contributed by atoms with Crippen molar-refractivity contribution in [2.24, 2.45) is 0 Å². The van der Waals surface area contributed by atoms with Crippen LogP contribution in [0.3, 0.4) is 0 Å². The molecule has 0 bridgehead atoms. The van der Waals surface area contributed by atoms with Gasteiger partial charge in [-0.25, -0.2) is 18.3 Å². The van der Waals surface area contributed by atoms with Crippen LogP contribution in [-0.4, -0.2) is 36.1 Å². The normalized spacial score (nSPS) is 10.9. The summed E-state index contributed by atoms with van der Waals surface area (Å²) >= 11 is 0. The van der Waals surface area contributed by atoms with Crippen LogP contribution in [0.5, 0.6) is 0 Å². The lowest BCUT2D eigenvalue weighted by Crippen LogP contribution is -2.28. The van der Waals surface area contributed by atoms with E-state index in [0.29, 0.717) is 22.5 Å². The first-order valence-corrected chi connectivity index (χ1v) is 10.7. The van der Waals surface area contributed by atoms with Crippen molar-refractivity contribution in [2.45, 2.75) is 13.5 Å². The molecular formula is C24H18FN7O4. The van der Waals surface area contributed by atoms with E-state index in [4.69, 9.17) is 4.52 Å². The van der Waals surface area contributed by atoms with Crippen LogP contribution in [0.1, 0.15) is 6.92 Å². The number of hydrogen-bond acceptors (Lipinski definition) is 7. The lowest BCUT2D eigenvalue weighted by molar-refractivity contribution is -0.117. The second kappa shape index (κ2) is 9.25. The first-order valence-electron chi connectivity index (χ1n) is 10.7. The van der Waals surface area contributed by atoms with Gasteiger partial charge in [0.05, 0.1) is 5.56 Å². The van der Waals surface area contributed by atoms with E-state index in [1.54, 1.807) is 42.5 Å². The van der Waals surface area contributed by atoms with Gasteiger partial charge in [-0.2, -0.15) is 4.98 Å². The van der Waals surface area contributed by atoms with Crippen molar-refractivity contribution >= 4 is 28.8 Å². The van der Waals surface area contributed by atoms with Crippen molar-refractivity contribution in [1.29, 1.82) is 0 Å². The highest BCUT2D eigenvalue weighted by Crippen LogP contribution is 2.25. The van der Waals surface area contributed by atoms with E-state index in [9.17, 15) is 18.8 Å². The lowest BCUT2D eigenvalue weighted by atomic mass is 10.2. The number of carbonyl (C=O) groups excluding carboxylic acids is 2. The van der Waals surface area contributed by atoms with Crippen LogP contribution in [0, 0.1) is 5.82 Å². The Morgan fingerprint density at radius 3 is 2.50 bits per heavy atom. The molecule has 0 spiro atoms. The summed E-state index contributed by atoms with van der Waals surface area (Å²) in [5, 5.41) is 13.5. The molecule has 5 rings (SSSR count). The van der Waals surface area contributed by atoms with Crippen LogP contribution >= 0.6 is 0 Å². The second-order valence-electron chi connectivity index (χ2n) is 7.80. The minimum absolute atomic E-state index is 0.0840. The minimum atomic E-state index is -0.534. The maximum atomic E-state index is 13.6. The molecule has 0 unspecified atom stereocenters. The molecule has 2 amide bonds. The molecule has 0 aliphatic heterocycles. The monoisotopic (exact) mass is 487 g/mol. The second-order valence-corrected chi connectivity index (χ2v) is 7.80. The predicted molar refractivity (Wildman–Crippen MR) is 128 cm³/mol. The molecule has 0 radical (unpaired) electrons. The van der Waals surface area contributed by atoms with Crippen LogP contribution in [0.2, 0.25) is 0 Å². The Hall–Kier alpha value is -5.13. The van der Waals surface area contributed by atoms with E-state index in [-0.39, 0.29) is 29.8 Å². The van der Waals surface area contributed by atoms with E-state index in [1.807, 2.05) is 0 Å². The number of aromatic nitrogens is 5. The van der Waals surface area contributed by atoms with Crippen LogP contribution in [-0.2, 0) is 16.1 Å². The number of nitrogens with one attached hydrogen (secondary N) is 2. The SMILES string of the molecule is CC(=O)Nc1ccc(NC(=O)Cn2nc3c(-c4nc(-c5cccc(F)c5)no4)cccn3c2=O)cc1. The average molecular weight is 487 g/mol. The number of nitrogens with zero attached hydrogens (tertiary/aromatic N) is 5. The summed E-state index contributed by atoms with van der Waals surface area (Å²) in [5.74, 6) is -0.852. The zero-order chi connectivity index (χ0) is 25.2. The Bertz CT molecular complexity index is 1650. The van der Waals surface area contributed by atoms with E-state index >= 15 is 0 Å². The number of hydrogen-bond donors (Lipinski definition) is 2. The molecule has 0 aliphatic carbocycles. The molecule has 0 fully saturated rings. The standard InChI is InChI=1S/C24H18FN7O4/c1-14(33)26-17-7-9-18(10-8-17)27-20(34)13-32-24(35)31-11-3-6-19(22(31)29-32)23-28-21(30-36-23)15-4-2-5-16(25)12-15/h2-12H,13H2,1H3,(H,26,33)(H,27,34). The van der Waals surface area contributed by atoms with Gasteiger partial charge >= 0.3 is 5.69 Å². The number of pyridine rings is 1. The van der Waals surface area contributed by atoms with E-state index in [1.165, 1.54) is 35.7 Å². The van der Waals surface area contributed by atoms with Gasteiger partial charge in [-0.3, -0.25) is 9.59 Å². The molecule has 0 aliphatic rings. The third kappa shape index (κ3) is 4.59. The fourth-order valence-corrected chi connectivity index (χ4v) is 3.56. The molecule has 2 aromatic carbocycles. The van der Waals surface area contributed by atoms with Gasteiger partial charge in [0.1, 0.15) is 12.4 Å². The molecule has 2 N–H and O–H groups in total. The van der Waals surface area contributed by atoms with E-state index in [2.05, 4.69) is 25.9 Å². The highest BCUT2D eigenvalue weighted by atomic mass is 19.1. The summed E-state index contributed by atoms with van der Waals surface area (Å²) in [4.78, 5) is 40.8. The number of fused-ring (bicyclic) bond motifs is 1. The molecule has 5 aromatic rings. The summed E-state index contributed by atoms with van der Waals surface area (Å²) in [6.07, 6.45) is 1.51. The maximum Gasteiger partial charge on any atom is 0.350 e. The van der Waals surface area contributed by atoms with Gasteiger partial charge in [0.25, 0.3) is 5.89 Å². The van der Waals surface area contributed by atoms with Crippen molar-refractivity contribution in [3.63, 3.8) is 0 Å². The molecule has 3 heterocycles. The summed E-state index contributed by atoms with van der Waals surface area (Å²) in [7, 11) is 0. The number of halogens is 1. The Labute approximate surface area is 202 Å². The van der Waals surface area contributed by atoms with Gasteiger partial charge in [-0.15, -0.1) is 5.10 Å². The highest BCUT2D eigenvalue weighted by molar-refractivity contribution is 5.92. The molecular weight excluding hydrogens is 469 g/mol. The molecule has 180 valence electrons. The fourth-order valence-electron chi connectivity index (χ4n) is 3.56. The van der Waals surface area contributed by atoms with Crippen LogP contribution < -0.4 is 16.3 Å². The van der Waals surface area contributed by atoms with E-state index in [0.717, 1.165) is 4.68 Å². The summed E-state index contributed by atoms with van der Waals surface area (Å²) in [5.41, 5.74) is 1.56. The zero-order valence-corrected chi connectivity index (χ0v) is 18.8. The minimum Gasteiger partial charge on any atom is -0.333 e. The van der Waals surface area contributed by atoms with Crippen molar-refractivity contribution in [3.8, 4) is 22.8 Å². The average Bonchev–Trinajstić information content (AvgIpc) is 3.46. The first kappa shape index (κ1) is 22.7. The van der Waals surface area contributed by atoms with Gasteiger partial charge in [-0.1, -0.05) is 17.3 Å². The van der Waals surface area contributed by atoms with Crippen LogP contribution in [0.15, 0.2) is 76.2 Å². The molecule has 0 atom stereocenters. The van der Waals surface area contributed by atoms with Crippen molar-refractivity contribution < 1.29 is 18.5 Å². The summed E-state index contributed by atoms with van der Waals surface area (Å²) in [6.45, 7) is 1.06. The lowest BCUT2D eigenvalue weighted by Gasteiger charge is -2.06. The zero-order valence-electron chi connectivity index (χ0n) is 18.8. The smallest absolute Gasteiger partial charge is 0.333 e. The molecule has 0 saturated carbocycles. The molecule has 11 nitrogen and oxygen atoms in total. The molecule has 3 aromatic heterocycles. The number of amides is 2.